The third-order valence-corrected chi connectivity index (χ3v) is 5.88. The molecule has 1 N–H and O–H groups in total. The lowest BCUT2D eigenvalue weighted by Crippen LogP contribution is -2.41. The van der Waals surface area contributed by atoms with Gasteiger partial charge in [-0.3, -0.25) is 9.59 Å². The molecule has 0 atom stereocenters. The lowest BCUT2D eigenvalue weighted by atomic mass is 9.92. The number of benzene rings is 1. The second-order valence-corrected chi connectivity index (χ2v) is 9.56. The van der Waals surface area contributed by atoms with E-state index in [1.807, 2.05) is 36.4 Å². The summed E-state index contributed by atoms with van der Waals surface area (Å²) in [5.41, 5.74) is 1.64. The fourth-order valence-electron chi connectivity index (χ4n) is 4.01. The summed E-state index contributed by atoms with van der Waals surface area (Å²) in [6, 6.07) is 11.7. The Balaban J connectivity index is 1.79. The molecule has 0 spiro atoms. The number of anilines is 1. The molecule has 6 nitrogen and oxygen atoms in total. The van der Waals surface area contributed by atoms with Gasteiger partial charge in [0.2, 0.25) is 11.8 Å². The smallest absolute Gasteiger partial charge is 0.245 e. The van der Waals surface area contributed by atoms with Gasteiger partial charge in [-0.1, -0.05) is 65.2 Å². The predicted molar refractivity (Wildman–Crippen MR) is 124 cm³/mol. The zero-order chi connectivity index (χ0) is 22.4. The predicted octanol–water partition coefficient (Wildman–Crippen LogP) is 4.93. The maximum atomic E-state index is 13.0. The van der Waals surface area contributed by atoms with E-state index in [2.05, 4.69) is 33.0 Å². The average molecular weight is 425 g/mol. The Morgan fingerprint density at radius 2 is 1.84 bits per heavy atom. The molecule has 31 heavy (non-hydrogen) atoms. The molecule has 1 aromatic heterocycles. The van der Waals surface area contributed by atoms with Gasteiger partial charge in [-0.05, 0) is 31.4 Å². The third kappa shape index (κ3) is 5.96. The second kappa shape index (κ2) is 10.1. The zero-order valence-electron chi connectivity index (χ0n) is 19.4. The molecule has 0 radical (unpaired) electrons. The molecule has 1 saturated carbocycles. The number of hydrogen-bond donors (Lipinski definition) is 1. The molecular formula is C25H36N4O2. The van der Waals surface area contributed by atoms with Crippen LogP contribution in [0.2, 0.25) is 0 Å². The Kier molecular flexibility index (Phi) is 7.52. The molecule has 1 fully saturated rings. The van der Waals surface area contributed by atoms with Gasteiger partial charge in [0.15, 0.2) is 0 Å². The normalized spacial score (nSPS) is 14.6. The van der Waals surface area contributed by atoms with Crippen molar-refractivity contribution in [1.82, 2.24) is 14.7 Å². The molecule has 1 aliphatic carbocycles. The number of para-hydroxylation sites is 1. The summed E-state index contributed by atoms with van der Waals surface area (Å²) < 4.78 is 1.77. The molecule has 3 rings (SSSR count). The van der Waals surface area contributed by atoms with Gasteiger partial charge in [-0.15, -0.1) is 0 Å². The van der Waals surface area contributed by atoms with Crippen molar-refractivity contribution in [2.75, 3.05) is 18.4 Å². The summed E-state index contributed by atoms with van der Waals surface area (Å²) in [7, 11) is 0. The zero-order valence-corrected chi connectivity index (χ0v) is 19.4. The Labute approximate surface area is 186 Å². The quantitative estimate of drug-likeness (QED) is 0.653. The summed E-state index contributed by atoms with van der Waals surface area (Å²) in [5.74, 6) is 0.657. The van der Waals surface area contributed by atoms with Crippen molar-refractivity contribution in [3.05, 3.63) is 42.1 Å². The van der Waals surface area contributed by atoms with E-state index >= 15 is 0 Å². The molecule has 0 saturated heterocycles. The highest BCUT2D eigenvalue weighted by Gasteiger charge is 2.28. The van der Waals surface area contributed by atoms with Gasteiger partial charge in [0.05, 0.1) is 17.9 Å². The summed E-state index contributed by atoms with van der Waals surface area (Å²) in [5, 5.41) is 7.77. The monoisotopic (exact) mass is 424 g/mol. The van der Waals surface area contributed by atoms with E-state index in [-0.39, 0.29) is 29.7 Å². The lowest BCUT2D eigenvalue weighted by molar-refractivity contribution is -0.138. The van der Waals surface area contributed by atoms with Gasteiger partial charge in [0.25, 0.3) is 0 Å². The highest BCUT2D eigenvalue weighted by Crippen LogP contribution is 2.28. The molecule has 168 valence electrons. The van der Waals surface area contributed by atoms with Crippen molar-refractivity contribution in [2.45, 2.75) is 71.6 Å². The third-order valence-electron chi connectivity index (χ3n) is 5.88. The van der Waals surface area contributed by atoms with E-state index < -0.39 is 0 Å². The first-order chi connectivity index (χ1) is 14.8. The molecule has 2 amide bonds. The Bertz CT molecular complexity index is 877. The maximum Gasteiger partial charge on any atom is 0.245 e. The fraction of sp³-hybridized carbons (Fsp3) is 0.560. The van der Waals surface area contributed by atoms with Crippen LogP contribution < -0.4 is 5.32 Å². The number of aromatic nitrogens is 2. The van der Waals surface area contributed by atoms with Crippen LogP contribution in [0.3, 0.4) is 0 Å². The highest BCUT2D eigenvalue weighted by atomic mass is 16.2. The van der Waals surface area contributed by atoms with Crippen LogP contribution in [0.15, 0.2) is 36.4 Å². The molecule has 0 unspecified atom stereocenters. The average Bonchev–Trinajstić information content (AvgIpc) is 3.41. The summed E-state index contributed by atoms with van der Waals surface area (Å²) in [6.45, 7) is 9.12. The lowest BCUT2D eigenvalue weighted by Gasteiger charge is -2.25. The van der Waals surface area contributed by atoms with Crippen molar-refractivity contribution in [2.24, 2.45) is 5.92 Å². The van der Waals surface area contributed by atoms with Crippen LogP contribution in [0.25, 0.3) is 5.69 Å². The van der Waals surface area contributed by atoms with Gasteiger partial charge >= 0.3 is 0 Å². The number of amides is 2. The molecule has 2 aromatic rings. The van der Waals surface area contributed by atoms with Gasteiger partial charge < -0.3 is 10.2 Å². The van der Waals surface area contributed by atoms with Crippen molar-refractivity contribution in [3.8, 4) is 5.69 Å². The first-order valence-corrected chi connectivity index (χ1v) is 11.5. The number of carbonyl (C=O) groups excluding carboxylic acids is 2. The number of unbranched alkanes of at least 4 members (excludes halogenated alkanes) is 1. The Hall–Kier alpha value is -2.63. The van der Waals surface area contributed by atoms with E-state index in [9.17, 15) is 9.59 Å². The van der Waals surface area contributed by atoms with Crippen LogP contribution in [-0.2, 0) is 15.0 Å². The highest BCUT2D eigenvalue weighted by molar-refractivity contribution is 5.94. The van der Waals surface area contributed by atoms with E-state index in [4.69, 9.17) is 5.10 Å². The minimum Gasteiger partial charge on any atom is -0.333 e. The largest absolute Gasteiger partial charge is 0.333 e. The van der Waals surface area contributed by atoms with Crippen molar-refractivity contribution in [3.63, 3.8) is 0 Å². The SMILES string of the molecule is CCCCN(CC(=O)Nc1cc(C(C)(C)C)nn1-c1ccccc1)C(=O)C1CCCC1. The number of carbonyl (C=O) groups is 2. The fourth-order valence-corrected chi connectivity index (χ4v) is 4.01. The molecule has 6 heteroatoms. The minimum atomic E-state index is -0.181. The summed E-state index contributed by atoms with van der Waals surface area (Å²) >= 11 is 0. The summed E-state index contributed by atoms with van der Waals surface area (Å²) in [4.78, 5) is 27.7. The van der Waals surface area contributed by atoms with E-state index in [1.54, 1.807) is 9.58 Å². The van der Waals surface area contributed by atoms with Crippen LogP contribution in [-0.4, -0.2) is 39.6 Å². The van der Waals surface area contributed by atoms with Crippen LogP contribution in [0.5, 0.6) is 0 Å². The van der Waals surface area contributed by atoms with Crippen LogP contribution >= 0.6 is 0 Å². The molecule has 1 heterocycles. The van der Waals surface area contributed by atoms with Crippen LogP contribution in [0.1, 0.15) is 71.9 Å². The maximum absolute atomic E-state index is 13.0. The topological polar surface area (TPSA) is 67.2 Å². The molecule has 1 aliphatic rings. The molecule has 0 bridgehead atoms. The standard InChI is InChI=1S/C25H36N4O2/c1-5-6-16-28(24(31)19-12-10-11-13-19)18-23(30)26-22-17-21(25(2,3)4)27-29(22)20-14-8-7-9-15-20/h7-9,14-15,17,19H,5-6,10-13,16,18H2,1-4H3,(H,26,30). The minimum absolute atomic E-state index is 0.0759. The summed E-state index contributed by atoms with van der Waals surface area (Å²) in [6.07, 6.45) is 6.00. The first kappa shape index (κ1) is 23.0. The molecule has 1 aromatic carbocycles. The van der Waals surface area contributed by atoms with Gasteiger partial charge in [-0.25, -0.2) is 4.68 Å². The van der Waals surface area contributed by atoms with Crippen LogP contribution in [0, 0.1) is 5.92 Å². The van der Waals surface area contributed by atoms with Crippen molar-refractivity contribution >= 4 is 17.6 Å². The Morgan fingerprint density at radius 1 is 1.16 bits per heavy atom. The Morgan fingerprint density at radius 3 is 2.45 bits per heavy atom. The van der Waals surface area contributed by atoms with Gasteiger partial charge in [0.1, 0.15) is 5.82 Å². The van der Waals surface area contributed by atoms with Crippen molar-refractivity contribution < 1.29 is 9.59 Å². The molecular weight excluding hydrogens is 388 g/mol. The van der Waals surface area contributed by atoms with Gasteiger partial charge in [0, 0.05) is 23.9 Å². The van der Waals surface area contributed by atoms with Crippen molar-refractivity contribution in [1.29, 1.82) is 0 Å². The molecule has 0 aliphatic heterocycles. The number of hydrogen-bond acceptors (Lipinski definition) is 3. The van der Waals surface area contributed by atoms with Crippen LogP contribution in [0.4, 0.5) is 5.82 Å². The van der Waals surface area contributed by atoms with E-state index in [0.717, 1.165) is 49.9 Å². The number of nitrogens with one attached hydrogen (secondary N) is 1. The number of rotatable bonds is 8. The number of nitrogens with zero attached hydrogens (tertiary/aromatic N) is 3. The van der Waals surface area contributed by atoms with Gasteiger partial charge in [-0.2, -0.15) is 5.10 Å². The first-order valence-electron chi connectivity index (χ1n) is 11.5. The second-order valence-electron chi connectivity index (χ2n) is 9.56. The van der Waals surface area contributed by atoms with E-state index in [1.165, 1.54) is 0 Å². The van der Waals surface area contributed by atoms with E-state index in [0.29, 0.717) is 12.4 Å².